The zero-order valence-electron chi connectivity index (χ0n) is 10.2. The van der Waals surface area contributed by atoms with Gasteiger partial charge in [0.2, 0.25) is 0 Å². The van der Waals surface area contributed by atoms with Gasteiger partial charge in [-0.15, -0.1) is 0 Å². The van der Waals surface area contributed by atoms with Crippen LogP contribution in [-0.4, -0.2) is 21.6 Å². The number of carboxylic acid groups (broad SMARTS) is 1. The monoisotopic (exact) mass is 296 g/mol. The van der Waals surface area contributed by atoms with E-state index in [-0.39, 0.29) is 17.3 Å². The molecule has 0 saturated heterocycles. The first-order valence-electron chi connectivity index (χ1n) is 5.24. The Morgan fingerprint density at radius 3 is 2.47 bits per heavy atom. The lowest BCUT2D eigenvalue weighted by atomic mass is 10.0. The third-order valence-corrected chi connectivity index (χ3v) is 2.51. The van der Waals surface area contributed by atoms with Gasteiger partial charge in [-0.05, 0) is 19.9 Å². The van der Waals surface area contributed by atoms with E-state index in [1.54, 1.807) is 13.8 Å². The molecular weight excluding hydrogens is 285 g/mol. The Hall–Kier alpha value is -1.50. The molecule has 106 valence electrons. The van der Waals surface area contributed by atoms with Crippen LogP contribution in [0.4, 0.5) is 19.0 Å². The van der Waals surface area contributed by atoms with E-state index in [4.69, 9.17) is 16.7 Å². The molecule has 0 unspecified atom stereocenters. The summed E-state index contributed by atoms with van der Waals surface area (Å²) in [6.45, 7) is 3.16. The van der Waals surface area contributed by atoms with E-state index in [0.717, 1.165) is 6.07 Å². The topological polar surface area (TPSA) is 62.2 Å². The maximum atomic E-state index is 12.4. The van der Waals surface area contributed by atoms with Crippen LogP contribution in [0.1, 0.15) is 25.8 Å². The van der Waals surface area contributed by atoms with Gasteiger partial charge in [-0.1, -0.05) is 11.6 Å². The van der Waals surface area contributed by atoms with Crippen LogP contribution in [0.3, 0.4) is 0 Å². The molecule has 4 nitrogen and oxygen atoms in total. The molecule has 0 aliphatic carbocycles. The van der Waals surface area contributed by atoms with Crippen molar-refractivity contribution in [2.45, 2.75) is 32.0 Å². The van der Waals surface area contributed by atoms with Gasteiger partial charge in [0.05, 0.1) is 17.0 Å². The first kappa shape index (κ1) is 15.6. The summed E-state index contributed by atoms with van der Waals surface area (Å²) in [5, 5.41) is 11.2. The molecule has 19 heavy (non-hydrogen) atoms. The van der Waals surface area contributed by atoms with Crippen molar-refractivity contribution in [2.75, 3.05) is 5.32 Å². The largest absolute Gasteiger partial charge is 0.481 e. The molecule has 1 rings (SSSR count). The number of carbonyl (C=O) groups is 1. The highest BCUT2D eigenvalue weighted by atomic mass is 35.5. The number of pyridine rings is 1. The van der Waals surface area contributed by atoms with Crippen molar-refractivity contribution in [2.24, 2.45) is 0 Å². The van der Waals surface area contributed by atoms with Crippen LogP contribution < -0.4 is 5.32 Å². The molecule has 8 heteroatoms. The van der Waals surface area contributed by atoms with Gasteiger partial charge in [0.1, 0.15) is 5.82 Å². The van der Waals surface area contributed by atoms with E-state index in [9.17, 15) is 18.0 Å². The van der Waals surface area contributed by atoms with Gasteiger partial charge in [-0.25, -0.2) is 4.98 Å². The van der Waals surface area contributed by atoms with Gasteiger partial charge >= 0.3 is 12.1 Å². The van der Waals surface area contributed by atoms with Crippen molar-refractivity contribution in [3.63, 3.8) is 0 Å². The molecule has 0 fully saturated rings. The number of rotatable bonds is 4. The SMILES string of the molecule is CC(C)(CC(=O)O)Nc1ncc(C(F)(F)F)cc1Cl. The minimum atomic E-state index is -4.52. The summed E-state index contributed by atoms with van der Waals surface area (Å²) in [5.41, 5.74) is -1.85. The summed E-state index contributed by atoms with van der Waals surface area (Å²) in [6.07, 6.45) is -4.11. The van der Waals surface area contributed by atoms with Crippen molar-refractivity contribution in [3.8, 4) is 0 Å². The number of alkyl halides is 3. The van der Waals surface area contributed by atoms with E-state index >= 15 is 0 Å². The molecule has 0 aliphatic rings. The smallest absolute Gasteiger partial charge is 0.417 e. The first-order chi connectivity index (χ1) is 8.51. The van der Waals surface area contributed by atoms with Crippen molar-refractivity contribution >= 4 is 23.4 Å². The van der Waals surface area contributed by atoms with Gasteiger partial charge in [0, 0.05) is 11.7 Å². The van der Waals surface area contributed by atoms with E-state index in [1.165, 1.54) is 0 Å². The number of carboxylic acids is 1. The third kappa shape index (κ3) is 4.59. The summed E-state index contributed by atoms with van der Waals surface area (Å²) in [7, 11) is 0. The summed E-state index contributed by atoms with van der Waals surface area (Å²) in [6, 6.07) is 0.744. The van der Waals surface area contributed by atoms with Crippen LogP contribution in [0.15, 0.2) is 12.3 Å². The minimum Gasteiger partial charge on any atom is -0.481 e. The van der Waals surface area contributed by atoms with E-state index in [2.05, 4.69) is 10.3 Å². The quantitative estimate of drug-likeness (QED) is 0.893. The second kappa shape index (κ2) is 5.24. The predicted molar refractivity (Wildman–Crippen MR) is 64.2 cm³/mol. The van der Waals surface area contributed by atoms with Crippen LogP contribution >= 0.6 is 11.6 Å². The Kier molecular flexibility index (Phi) is 4.29. The molecule has 0 aromatic carbocycles. The lowest BCUT2D eigenvalue weighted by Gasteiger charge is -2.25. The maximum Gasteiger partial charge on any atom is 0.417 e. The fourth-order valence-electron chi connectivity index (χ4n) is 1.43. The van der Waals surface area contributed by atoms with Gasteiger partial charge < -0.3 is 10.4 Å². The Morgan fingerprint density at radius 1 is 1.47 bits per heavy atom. The molecule has 2 N–H and O–H groups in total. The number of hydrogen-bond donors (Lipinski definition) is 2. The van der Waals surface area contributed by atoms with E-state index < -0.39 is 23.2 Å². The number of nitrogens with one attached hydrogen (secondary N) is 1. The molecule has 0 radical (unpaired) electrons. The molecular formula is C11H12ClF3N2O2. The van der Waals surface area contributed by atoms with Crippen LogP contribution in [0.2, 0.25) is 5.02 Å². The molecule has 1 heterocycles. The second-order valence-corrected chi connectivity index (χ2v) is 5.04. The van der Waals surface area contributed by atoms with E-state index in [0.29, 0.717) is 6.20 Å². The van der Waals surface area contributed by atoms with Crippen LogP contribution in [0, 0.1) is 0 Å². The highest BCUT2D eigenvalue weighted by molar-refractivity contribution is 6.33. The predicted octanol–water partition coefficient (Wildman–Crippen LogP) is 3.42. The molecule has 0 amide bonds. The first-order valence-corrected chi connectivity index (χ1v) is 5.62. The number of anilines is 1. The standard InChI is InChI=1S/C11H12ClF3N2O2/c1-10(2,4-8(18)19)17-9-7(12)3-6(5-16-9)11(13,14)15/h3,5H,4H2,1-2H3,(H,16,17)(H,18,19). The molecule has 0 saturated carbocycles. The zero-order chi connectivity index (χ0) is 14.8. The molecule has 0 aliphatic heterocycles. The Labute approximate surface area is 112 Å². The summed E-state index contributed by atoms with van der Waals surface area (Å²) < 4.78 is 37.2. The highest BCUT2D eigenvalue weighted by Crippen LogP contribution is 2.33. The molecule has 0 atom stereocenters. The average molecular weight is 297 g/mol. The van der Waals surface area contributed by atoms with Crippen LogP contribution in [0.25, 0.3) is 0 Å². The van der Waals surface area contributed by atoms with Gasteiger partial charge in [0.15, 0.2) is 0 Å². The number of hydrogen-bond acceptors (Lipinski definition) is 3. The Morgan fingerprint density at radius 2 is 2.05 bits per heavy atom. The van der Waals surface area contributed by atoms with Gasteiger partial charge in [-0.3, -0.25) is 4.79 Å². The fraction of sp³-hybridized carbons (Fsp3) is 0.455. The average Bonchev–Trinajstić information content (AvgIpc) is 2.16. The van der Waals surface area contributed by atoms with Crippen molar-refractivity contribution in [1.29, 1.82) is 0 Å². The number of halogens is 4. The molecule has 1 aromatic heterocycles. The van der Waals surface area contributed by atoms with Crippen molar-refractivity contribution in [3.05, 3.63) is 22.8 Å². The lowest BCUT2D eigenvalue weighted by molar-refractivity contribution is -0.138. The lowest BCUT2D eigenvalue weighted by Crippen LogP contribution is -2.34. The number of aliphatic carboxylic acids is 1. The van der Waals surface area contributed by atoms with Crippen LogP contribution in [0.5, 0.6) is 0 Å². The van der Waals surface area contributed by atoms with Crippen molar-refractivity contribution < 1.29 is 23.1 Å². The Balaban J connectivity index is 2.95. The van der Waals surface area contributed by atoms with Crippen LogP contribution in [-0.2, 0) is 11.0 Å². The normalized spacial score (nSPS) is 12.3. The summed E-state index contributed by atoms with van der Waals surface area (Å²) >= 11 is 5.71. The van der Waals surface area contributed by atoms with E-state index in [1.807, 2.05) is 0 Å². The third-order valence-electron chi connectivity index (χ3n) is 2.22. The fourth-order valence-corrected chi connectivity index (χ4v) is 1.64. The van der Waals surface area contributed by atoms with Gasteiger partial charge in [0.25, 0.3) is 0 Å². The highest BCUT2D eigenvalue weighted by Gasteiger charge is 2.32. The van der Waals surface area contributed by atoms with Gasteiger partial charge in [-0.2, -0.15) is 13.2 Å². The zero-order valence-corrected chi connectivity index (χ0v) is 10.9. The minimum absolute atomic E-state index is 0.0147. The maximum absolute atomic E-state index is 12.4. The number of aromatic nitrogens is 1. The number of nitrogens with zero attached hydrogens (tertiary/aromatic N) is 1. The molecule has 1 aromatic rings. The summed E-state index contributed by atoms with van der Waals surface area (Å²) in [5.74, 6) is -1.03. The molecule has 0 spiro atoms. The molecule has 0 bridgehead atoms. The summed E-state index contributed by atoms with van der Waals surface area (Å²) in [4.78, 5) is 14.2. The second-order valence-electron chi connectivity index (χ2n) is 4.63. The Bertz CT molecular complexity index is 489. The van der Waals surface area contributed by atoms with Crippen molar-refractivity contribution in [1.82, 2.24) is 4.98 Å².